The van der Waals surface area contributed by atoms with E-state index in [1.165, 1.54) is 11.5 Å². The molecule has 0 unspecified atom stereocenters. The van der Waals surface area contributed by atoms with Crippen LogP contribution in [0.1, 0.15) is 25.7 Å². The maximum absolute atomic E-state index is 11.6. The minimum Gasteiger partial charge on any atom is -0.215 e. The van der Waals surface area contributed by atoms with E-state index in [0.29, 0.717) is 24.8 Å². The lowest BCUT2D eigenvalue weighted by Gasteiger charge is -2.21. The molecule has 1 rings (SSSR count). The molecule has 1 aliphatic heterocycles. The van der Waals surface area contributed by atoms with Crippen molar-refractivity contribution in [3.05, 3.63) is 0 Å². The molecule has 0 saturated carbocycles. The van der Waals surface area contributed by atoms with E-state index in [4.69, 9.17) is 11.6 Å². The molecule has 0 aromatic rings. The van der Waals surface area contributed by atoms with Gasteiger partial charge in [0.25, 0.3) is 0 Å². The Morgan fingerprint density at radius 3 is 2.56 bits per heavy atom. The van der Waals surface area contributed by atoms with Crippen molar-refractivity contribution in [3.63, 3.8) is 0 Å². The van der Waals surface area contributed by atoms with Crippen molar-refractivity contribution in [2.45, 2.75) is 25.7 Å². The molecule has 0 aliphatic carbocycles. The van der Waals surface area contributed by atoms with Crippen molar-refractivity contribution < 1.29 is 8.42 Å². The first-order valence-electron chi connectivity index (χ1n) is 5.75. The number of alkyl halides is 1. The highest BCUT2D eigenvalue weighted by Crippen LogP contribution is 2.22. The van der Waals surface area contributed by atoms with Gasteiger partial charge in [-0.25, -0.2) is 13.1 Å². The van der Waals surface area contributed by atoms with E-state index >= 15 is 0 Å². The number of unbranched alkanes of at least 4 members (excludes halogenated alkanes) is 1. The summed E-state index contributed by atoms with van der Waals surface area (Å²) in [6.07, 6.45) is 3.69. The van der Waals surface area contributed by atoms with Crippen LogP contribution in [0.2, 0.25) is 0 Å². The molecule has 1 saturated heterocycles. The smallest absolute Gasteiger partial charge is 0.211 e. The van der Waals surface area contributed by atoms with Crippen LogP contribution in [0.4, 0.5) is 0 Å². The van der Waals surface area contributed by atoms with Crippen LogP contribution in [0, 0.1) is 5.92 Å². The number of thioether (sulfide) groups is 1. The quantitative estimate of drug-likeness (QED) is 0.575. The largest absolute Gasteiger partial charge is 0.215 e. The molecular formula is C10H20ClNO2S2. The Kier molecular flexibility index (Phi) is 7.12. The molecule has 1 aliphatic rings. The molecule has 0 spiro atoms. The molecule has 0 bridgehead atoms. The lowest BCUT2D eigenvalue weighted by molar-refractivity contribution is 0.476. The highest BCUT2D eigenvalue weighted by molar-refractivity contribution is 7.99. The topological polar surface area (TPSA) is 46.2 Å². The van der Waals surface area contributed by atoms with Gasteiger partial charge in [0.05, 0.1) is 5.75 Å². The molecule has 1 N–H and O–H groups in total. The fourth-order valence-corrected chi connectivity index (χ4v) is 4.27. The van der Waals surface area contributed by atoms with Crippen LogP contribution in [0.5, 0.6) is 0 Å². The van der Waals surface area contributed by atoms with Gasteiger partial charge in [0.1, 0.15) is 0 Å². The Balaban J connectivity index is 2.18. The predicted molar refractivity (Wildman–Crippen MR) is 71.8 cm³/mol. The lowest BCUT2D eigenvalue weighted by Crippen LogP contribution is -2.32. The molecule has 0 aromatic heterocycles. The van der Waals surface area contributed by atoms with Gasteiger partial charge < -0.3 is 0 Å². The van der Waals surface area contributed by atoms with Gasteiger partial charge in [0.15, 0.2) is 0 Å². The summed E-state index contributed by atoms with van der Waals surface area (Å²) in [6.45, 7) is 0.615. The van der Waals surface area contributed by atoms with E-state index < -0.39 is 10.0 Å². The van der Waals surface area contributed by atoms with Crippen molar-refractivity contribution in [2.75, 3.05) is 29.7 Å². The number of rotatable bonds is 7. The van der Waals surface area contributed by atoms with Crippen LogP contribution >= 0.6 is 23.4 Å². The van der Waals surface area contributed by atoms with Crippen LogP contribution in [0.25, 0.3) is 0 Å². The standard InChI is InChI=1S/C10H20ClNO2S2/c11-5-1-2-8-16(13,14)12-9-10-3-6-15-7-4-10/h10,12H,1-9H2. The van der Waals surface area contributed by atoms with E-state index in [0.717, 1.165) is 19.3 Å². The van der Waals surface area contributed by atoms with Gasteiger partial charge in [0, 0.05) is 12.4 Å². The number of halogens is 1. The summed E-state index contributed by atoms with van der Waals surface area (Å²) in [5.74, 6) is 3.61. The van der Waals surface area contributed by atoms with E-state index in [2.05, 4.69) is 4.72 Å². The van der Waals surface area contributed by atoms with Gasteiger partial charge in [-0.3, -0.25) is 0 Å². The van der Waals surface area contributed by atoms with Crippen LogP contribution < -0.4 is 4.72 Å². The fraction of sp³-hybridized carbons (Fsp3) is 1.00. The first-order valence-corrected chi connectivity index (χ1v) is 9.09. The second-order valence-corrected chi connectivity index (χ2v) is 7.65. The van der Waals surface area contributed by atoms with Gasteiger partial charge in [-0.2, -0.15) is 11.8 Å². The summed E-state index contributed by atoms with van der Waals surface area (Å²) in [5, 5.41) is 0. The third kappa shape index (κ3) is 6.33. The van der Waals surface area contributed by atoms with E-state index in [1.54, 1.807) is 0 Å². The SMILES string of the molecule is O=S(=O)(CCCCCl)NCC1CCSCC1. The molecule has 6 heteroatoms. The highest BCUT2D eigenvalue weighted by Gasteiger charge is 2.16. The average Bonchev–Trinajstić information content (AvgIpc) is 2.28. The van der Waals surface area contributed by atoms with Gasteiger partial charge in [-0.15, -0.1) is 11.6 Å². The maximum Gasteiger partial charge on any atom is 0.211 e. The molecule has 3 nitrogen and oxygen atoms in total. The fourth-order valence-electron chi connectivity index (χ4n) is 1.65. The second-order valence-electron chi connectivity index (χ2n) is 4.12. The monoisotopic (exact) mass is 285 g/mol. The minimum absolute atomic E-state index is 0.210. The van der Waals surface area contributed by atoms with E-state index in [1.807, 2.05) is 11.8 Å². The average molecular weight is 286 g/mol. The summed E-state index contributed by atoms with van der Waals surface area (Å²) in [7, 11) is -3.07. The summed E-state index contributed by atoms with van der Waals surface area (Å²) in [4.78, 5) is 0. The Bertz CT molecular complexity index is 277. The molecule has 16 heavy (non-hydrogen) atoms. The Morgan fingerprint density at radius 1 is 1.25 bits per heavy atom. The van der Waals surface area contributed by atoms with Crippen LogP contribution in [-0.2, 0) is 10.0 Å². The van der Waals surface area contributed by atoms with Crippen LogP contribution in [0.15, 0.2) is 0 Å². The van der Waals surface area contributed by atoms with E-state index in [-0.39, 0.29) is 5.75 Å². The Labute approximate surface area is 108 Å². The molecule has 0 aromatic carbocycles. The number of hydrogen-bond donors (Lipinski definition) is 1. The summed E-state index contributed by atoms with van der Waals surface area (Å²) < 4.78 is 25.9. The van der Waals surface area contributed by atoms with Gasteiger partial charge in [-0.1, -0.05) is 0 Å². The molecule has 96 valence electrons. The van der Waals surface area contributed by atoms with Crippen molar-refractivity contribution in [2.24, 2.45) is 5.92 Å². The van der Waals surface area contributed by atoms with Gasteiger partial charge in [0.2, 0.25) is 10.0 Å². The molecule has 1 heterocycles. The van der Waals surface area contributed by atoms with Crippen molar-refractivity contribution in [1.29, 1.82) is 0 Å². The molecular weight excluding hydrogens is 266 g/mol. The molecule has 1 fully saturated rings. The van der Waals surface area contributed by atoms with Crippen molar-refractivity contribution in [3.8, 4) is 0 Å². The van der Waals surface area contributed by atoms with Crippen LogP contribution in [-0.4, -0.2) is 38.1 Å². The summed E-state index contributed by atoms with van der Waals surface area (Å²) in [6, 6.07) is 0. The molecule has 0 radical (unpaired) electrons. The maximum atomic E-state index is 11.6. The zero-order valence-corrected chi connectivity index (χ0v) is 11.8. The first kappa shape index (κ1) is 14.6. The zero-order chi connectivity index (χ0) is 11.9. The van der Waals surface area contributed by atoms with Gasteiger partial charge in [-0.05, 0) is 43.1 Å². The third-order valence-corrected chi connectivity index (χ3v) is 5.48. The van der Waals surface area contributed by atoms with Crippen molar-refractivity contribution in [1.82, 2.24) is 4.72 Å². The number of sulfonamides is 1. The Morgan fingerprint density at radius 2 is 1.94 bits per heavy atom. The minimum atomic E-state index is -3.07. The summed E-state index contributed by atoms with van der Waals surface area (Å²) >= 11 is 7.47. The highest BCUT2D eigenvalue weighted by atomic mass is 35.5. The Hall–Kier alpha value is 0.550. The first-order chi connectivity index (χ1) is 7.64. The second kappa shape index (κ2) is 7.80. The lowest BCUT2D eigenvalue weighted by atomic mass is 10.0. The molecule has 0 atom stereocenters. The number of hydrogen-bond acceptors (Lipinski definition) is 3. The number of nitrogens with one attached hydrogen (secondary N) is 1. The summed E-state index contributed by atoms with van der Waals surface area (Å²) in [5.41, 5.74) is 0. The normalized spacial score (nSPS) is 18.8. The van der Waals surface area contributed by atoms with E-state index in [9.17, 15) is 8.42 Å². The van der Waals surface area contributed by atoms with Crippen LogP contribution in [0.3, 0.4) is 0 Å². The predicted octanol–water partition coefficient (Wildman–Crippen LogP) is 2.07. The third-order valence-electron chi connectivity index (χ3n) is 2.73. The molecule has 0 amide bonds. The zero-order valence-electron chi connectivity index (χ0n) is 9.45. The van der Waals surface area contributed by atoms with Crippen molar-refractivity contribution >= 4 is 33.4 Å². The van der Waals surface area contributed by atoms with Gasteiger partial charge >= 0.3 is 0 Å².